The van der Waals surface area contributed by atoms with Gasteiger partial charge in [0.05, 0.1) is 4.34 Å². The first-order chi connectivity index (χ1) is 10.3. The maximum Gasteiger partial charge on any atom is 0.326 e. The number of carbonyl (C=O) groups is 1. The van der Waals surface area contributed by atoms with Crippen LogP contribution in [-0.4, -0.2) is 32.3 Å². The Labute approximate surface area is 142 Å². The van der Waals surface area contributed by atoms with E-state index in [1.165, 1.54) is 31.3 Å². The summed E-state index contributed by atoms with van der Waals surface area (Å²) >= 11 is 12.4. The zero-order valence-corrected chi connectivity index (χ0v) is 14.5. The van der Waals surface area contributed by atoms with Gasteiger partial charge in [-0.05, 0) is 36.4 Å². The molecule has 1 heterocycles. The van der Waals surface area contributed by atoms with Crippen LogP contribution in [0.1, 0.15) is 0 Å². The van der Waals surface area contributed by atoms with Gasteiger partial charge < -0.3 is 4.74 Å². The molecule has 1 aromatic heterocycles. The molecule has 1 aromatic carbocycles. The number of hydrogen-bond donors (Lipinski definition) is 0. The van der Waals surface area contributed by atoms with Crippen LogP contribution in [-0.2, 0) is 14.8 Å². The van der Waals surface area contributed by atoms with Crippen LogP contribution in [0.5, 0.6) is 5.75 Å². The lowest BCUT2D eigenvalue weighted by molar-refractivity contribution is -0.134. The Bertz CT molecular complexity index is 772. The van der Waals surface area contributed by atoms with Crippen molar-refractivity contribution in [2.45, 2.75) is 4.21 Å². The van der Waals surface area contributed by atoms with E-state index in [0.29, 0.717) is 15.1 Å². The fraction of sp³-hybridized carbons (Fsp3) is 0.154. The van der Waals surface area contributed by atoms with Crippen LogP contribution < -0.4 is 4.74 Å². The van der Waals surface area contributed by atoms with E-state index in [1.54, 1.807) is 12.1 Å². The summed E-state index contributed by atoms with van der Waals surface area (Å²) in [5, 5.41) is 0.508. The highest BCUT2D eigenvalue weighted by Gasteiger charge is 2.25. The molecular formula is C13H11Cl2NO4S2. The highest BCUT2D eigenvalue weighted by Crippen LogP contribution is 2.27. The van der Waals surface area contributed by atoms with E-state index in [-0.39, 0.29) is 4.21 Å². The fourth-order valence-corrected chi connectivity index (χ4v) is 4.46. The lowest BCUT2D eigenvalue weighted by Crippen LogP contribution is -2.33. The molecule has 2 rings (SSSR count). The largest absolute Gasteiger partial charge is 0.426 e. The predicted octanol–water partition coefficient (Wildman–Crippen LogP) is 3.28. The number of hydrogen-bond acceptors (Lipinski definition) is 5. The number of halogens is 2. The molecule has 0 aliphatic carbocycles. The molecule has 0 saturated carbocycles. The molecule has 0 atom stereocenters. The van der Waals surface area contributed by atoms with Gasteiger partial charge in [0.2, 0.25) is 0 Å². The Kier molecular flexibility index (Phi) is 5.46. The third-order valence-electron chi connectivity index (χ3n) is 2.61. The van der Waals surface area contributed by atoms with E-state index in [9.17, 15) is 13.2 Å². The fourth-order valence-electron chi connectivity index (χ4n) is 1.52. The summed E-state index contributed by atoms with van der Waals surface area (Å²) in [6.07, 6.45) is 0. The van der Waals surface area contributed by atoms with Crippen molar-refractivity contribution in [1.29, 1.82) is 0 Å². The molecule has 5 nitrogen and oxygen atoms in total. The van der Waals surface area contributed by atoms with Crippen molar-refractivity contribution in [3.05, 3.63) is 45.8 Å². The van der Waals surface area contributed by atoms with Gasteiger partial charge in [0.1, 0.15) is 16.5 Å². The molecule has 9 heteroatoms. The third-order valence-corrected chi connectivity index (χ3v) is 6.36. The van der Waals surface area contributed by atoms with Crippen molar-refractivity contribution in [1.82, 2.24) is 4.31 Å². The van der Waals surface area contributed by atoms with Crippen LogP contribution in [0.25, 0.3) is 0 Å². The summed E-state index contributed by atoms with van der Waals surface area (Å²) in [5.74, 6) is -0.407. The molecule has 0 radical (unpaired) electrons. The highest BCUT2D eigenvalue weighted by molar-refractivity contribution is 7.91. The predicted molar refractivity (Wildman–Crippen MR) is 86.2 cm³/mol. The quantitative estimate of drug-likeness (QED) is 0.590. The molecule has 118 valence electrons. The number of rotatable bonds is 5. The van der Waals surface area contributed by atoms with E-state index < -0.39 is 22.5 Å². The van der Waals surface area contributed by atoms with Crippen molar-refractivity contribution in [3.8, 4) is 5.75 Å². The number of likely N-dealkylation sites (N-methyl/N-ethyl adjacent to an activating group) is 1. The normalized spacial score (nSPS) is 11.6. The Hall–Kier alpha value is -1.12. The second-order valence-corrected chi connectivity index (χ2v) is 8.67. The van der Waals surface area contributed by atoms with Crippen LogP contribution >= 0.6 is 34.5 Å². The molecular weight excluding hydrogens is 369 g/mol. The summed E-state index contributed by atoms with van der Waals surface area (Å²) in [5.41, 5.74) is 0. The molecule has 0 N–H and O–H groups in total. The molecule has 0 spiro atoms. The molecule has 0 saturated heterocycles. The van der Waals surface area contributed by atoms with Crippen LogP contribution in [0.4, 0.5) is 0 Å². The topological polar surface area (TPSA) is 63.7 Å². The minimum Gasteiger partial charge on any atom is -0.426 e. The van der Waals surface area contributed by atoms with Crippen LogP contribution in [0.3, 0.4) is 0 Å². The van der Waals surface area contributed by atoms with Crippen molar-refractivity contribution >= 4 is 50.5 Å². The summed E-state index contributed by atoms with van der Waals surface area (Å²) < 4.78 is 30.8. The molecule has 0 aliphatic rings. The Balaban J connectivity index is 2.03. The Morgan fingerprint density at radius 2 is 1.82 bits per heavy atom. The zero-order chi connectivity index (χ0) is 16.3. The van der Waals surface area contributed by atoms with Gasteiger partial charge in [-0.2, -0.15) is 4.31 Å². The standard InChI is InChI=1S/C13H11Cl2NO4S2/c1-16(22(18,19)13-7-6-11(15)21-13)8-12(17)20-10-4-2-9(14)3-5-10/h2-7H,8H2,1H3. The van der Waals surface area contributed by atoms with Crippen LogP contribution in [0, 0.1) is 0 Å². The third kappa shape index (κ3) is 4.21. The minimum atomic E-state index is -3.77. The van der Waals surface area contributed by atoms with Gasteiger partial charge in [-0.25, -0.2) is 8.42 Å². The van der Waals surface area contributed by atoms with E-state index in [4.69, 9.17) is 27.9 Å². The van der Waals surface area contributed by atoms with Gasteiger partial charge in [0, 0.05) is 12.1 Å². The number of ether oxygens (including phenoxy) is 1. The molecule has 22 heavy (non-hydrogen) atoms. The van der Waals surface area contributed by atoms with Gasteiger partial charge in [0.25, 0.3) is 10.0 Å². The second kappa shape index (κ2) is 6.97. The monoisotopic (exact) mass is 379 g/mol. The van der Waals surface area contributed by atoms with Crippen LogP contribution in [0.2, 0.25) is 9.36 Å². The van der Waals surface area contributed by atoms with Gasteiger partial charge in [-0.15, -0.1) is 11.3 Å². The first-order valence-electron chi connectivity index (χ1n) is 5.97. The van der Waals surface area contributed by atoms with Gasteiger partial charge >= 0.3 is 5.97 Å². The van der Waals surface area contributed by atoms with Crippen LogP contribution in [0.15, 0.2) is 40.6 Å². The average molecular weight is 380 g/mol. The molecule has 0 fully saturated rings. The highest BCUT2D eigenvalue weighted by atomic mass is 35.5. The molecule has 0 bridgehead atoms. The van der Waals surface area contributed by atoms with Crippen molar-refractivity contribution in [2.24, 2.45) is 0 Å². The van der Waals surface area contributed by atoms with Gasteiger partial charge in [0.15, 0.2) is 0 Å². The summed E-state index contributed by atoms with van der Waals surface area (Å²) in [7, 11) is -2.47. The molecule has 0 amide bonds. The minimum absolute atomic E-state index is 0.0688. The summed E-state index contributed by atoms with van der Waals surface area (Å²) in [6.45, 7) is -0.416. The van der Waals surface area contributed by atoms with Crippen molar-refractivity contribution in [3.63, 3.8) is 0 Å². The summed E-state index contributed by atoms with van der Waals surface area (Å²) in [4.78, 5) is 11.8. The van der Waals surface area contributed by atoms with Crippen molar-refractivity contribution in [2.75, 3.05) is 13.6 Å². The summed E-state index contributed by atoms with van der Waals surface area (Å²) in [6, 6.07) is 9.06. The first kappa shape index (κ1) is 17.2. The maximum atomic E-state index is 12.2. The van der Waals surface area contributed by atoms with Gasteiger partial charge in [-0.3, -0.25) is 4.79 Å². The maximum absolute atomic E-state index is 12.2. The SMILES string of the molecule is CN(CC(=O)Oc1ccc(Cl)cc1)S(=O)(=O)c1ccc(Cl)s1. The van der Waals surface area contributed by atoms with E-state index in [2.05, 4.69) is 0 Å². The van der Waals surface area contributed by atoms with E-state index in [0.717, 1.165) is 15.6 Å². The lowest BCUT2D eigenvalue weighted by Gasteiger charge is -2.15. The van der Waals surface area contributed by atoms with Gasteiger partial charge in [-0.1, -0.05) is 23.2 Å². The van der Waals surface area contributed by atoms with E-state index >= 15 is 0 Å². The smallest absolute Gasteiger partial charge is 0.326 e. The number of sulfonamides is 1. The number of carbonyl (C=O) groups excluding carboxylic acids is 1. The zero-order valence-electron chi connectivity index (χ0n) is 11.3. The number of thiophene rings is 1. The molecule has 0 unspecified atom stereocenters. The Morgan fingerprint density at radius 1 is 1.18 bits per heavy atom. The lowest BCUT2D eigenvalue weighted by atomic mass is 10.3. The number of esters is 1. The number of benzene rings is 1. The number of nitrogens with zero attached hydrogens (tertiary/aromatic N) is 1. The average Bonchev–Trinajstić information content (AvgIpc) is 2.88. The second-order valence-electron chi connectivity index (χ2n) is 4.25. The molecule has 2 aromatic rings. The Morgan fingerprint density at radius 3 is 2.36 bits per heavy atom. The molecule has 0 aliphatic heterocycles. The van der Waals surface area contributed by atoms with Crippen molar-refractivity contribution < 1.29 is 17.9 Å². The first-order valence-corrected chi connectivity index (χ1v) is 8.98. The van der Waals surface area contributed by atoms with E-state index in [1.807, 2.05) is 0 Å².